The second-order valence-electron chi connectivity index (χ2n) is 3.55. The minimum absolute atomic E-state index is 0.849. The summed E-state index contributed by atoms with van der Waals surface area (Å²) in [4.78, 5) is 5.45. The Kier molecular flexibility index (Phi) is 3.98. The van der Waals surface area contributed by atoms with Crippen LogP contribution in [-0.4, -0.2) is 16.1 Å². The second kappa shape index (κ2) is 5.48. The van der Waals surface area contributed by atoms with Crippen LogP contribution in [0.25, 0.3) is 0 Å². The molecular weight excluding hydrogens is 242 g/mol. The summed E-state index contributed by atoms with van der Waals surface area (Å²) in [6.07, 6.45) is 3.83. The average Bonchev–Trinajstić information content (AvgIpc) is 2.83. The van der Waals surface area contributed by atoms with Gasteiger partial charge < -0.3 is 9.88 Å². The molecule has 5 heteroatoms. The summed E-state index contributed by atoms with van der Waals surface area (Å²) in [6, 6.07) is 3.99. The van der Waals surface area contributed by atoms with E-state index in [0.29, 0.717) is 0 Å². The van der Waals surface area contributed by atoms with Crippen LogP contribution < -0.4 is 5.32 Å². The Labute approximate surface area is 104 Å². The zero-order chi connectivity index (χ0) is 11.4. The lowest BCUT2D eigenvalue weighted by molar-refractivity contribution is 0.590. The van der Waals surface area contributed by atoms with E-state index < -0.39 is 0 Å². The molecule has 2 aromatic heterocycles. The number of hydrogen-bond acceptors (Lipinski definition) is 3. The molecule has 0 spiro atoms. The van der Waals surface area contributed by atoms with Crippen LogP contribution in [0.4, 0.5) is 0 Å². The molecule has 0 radical (unpaired) electrons. The van der Waals surface area contributed by atoms with E-state index in [0.717, 1.165) is 29.8 Å². The van der Waals surface area contributed by atoms with Crippen LogP contribution in [-0.2, 0) is 13.1 Å². The highest BCUT2D eigenvalue weighted by molar-refractivity contribution is 7.16. The van der Waals surface area contributed by atoms with E-state index >= 15 is 0 Å². The van der Waals surface area contributed by atoms with Gasteiger partial charge in [-0.2, -0.15) is 0 Å². The number of rotatable bonds is 5. The summed E-state index contributed by atoms with van der Waals surface area (Å²) in [6.45, 7) is 4.78. The molecule has 0 aliphatic rings. The number of halogens is 1. The molecule has 0 aliphatic carbocycles. The molecule has 0 amide bonds. The van der Waals surface area contributed by atoms with Gasteiger partial charge in [-0.25, -0.2) is 4.98 Å². The summed E-state index contributed by atoms with van der Waals surface area (Å²) >= 11 is 7.48. The van der Waals surface area contributed by atoms with Crippen LogP contribution >= 0.6 is 22.9 Å². The first-order valence-corrected chi connectivity index (χ1v) is 6.38. The van der Waals surface area contributed by atoms with Crippen molar-refractivity contribution in [2.24, 2.45) is 0 Å². The predicted octanol–water partition coefficient (Wildman–Crippen LogP) is 2.70. The highest BCUT2D eigenvalue weighted by Crippen LogP contribution is 2.20. The molecule has 1 N–H and O–H groups in total. The highest BCUT2D eigenvalue weighted by atomic mass is 35.5. The van der Waals surface area contributed by atoms with Crippen LogP contribution in [0, 0.1) is 6.92 Å². The number of nitrogens with one attached hydrogen (secondary N) is 1. The van der Waals surface area contributed by atoms with E-state index in [1.54, 1.807) is 11.3 Å². The standard InChI is InChI=1S/C11H14ClN3S/c1-9-14-5-7-15(9)6-4-13-8-10-2-3-11(12)16-10/h2-3,5,7,13H,4,6,8H2,1H3. The van der Waals surface area contributed by atoms with Gasteiger partial charge in [-0.05, 0) is 19.1 Å². The quantitative estimate of drug-likeness (QED) is 0.833. The third-order valence-corrected chi connectivity index (χ3v) is 3.61. The van der Waals surface area contributed by atoms with Crippen LogP contribution in [0.5, 0.6) is 0 Å². The highest BCUT2D eigenvalue weighted by Gasteiger charge is 1.98. The summed E-state index contributed by atoms with van der Waals surface area (Å²) in [5, 5.41) is 3.38. The van der Waals surface area contributed by atoms with E-state index in [2.05, 4.69) is 20.9 Å². The molecule has 0 saturated carbocycles. The maximum atomic E-state index is 5.85. The van der Waals surface area contributed by atoms with Gasteiger partial charge in [0.1, 0.15) is 5.82 Å². The first kappa shape index (κ1) is 11.6. The van der Waals surface area contributed by atoms with Gasteiger partial charge in [0.25, 0.3) is 0 Å². The Morgan fingerprint density at radius 2 is 2.38 bits per heavy atom. The topological polar surface area (TPSA) is 29.9 Å². The molecule has 16 heavy (non-hydrogen) atoms. The molecule has 2 aromatic rings. The smallest absolute Gasteiger partial charge is 0.105 e. The van der Waals surface area contributed by atoms with Crippen LogP contribution in [0.3, 0.4) is 0 Å². The lowest BCUT2D eigenvalue weighted by Gasteiger charge is -2.05. The Hall–Kier alpha value is -0.840. The molecule has 0 saturated heterocycles. The largest absolute Gasteiger partial charge is 0.334 e. The maximum Gasteiger partial charge on any atom is 0.105 e. The summed E-state index contributed by atoms with van der Waals surface area (Å²) in [5.41, 5.74) is 0. The number of aryl methyl sites for hydroxylation is 1. The van der Waals surface area contributed by atoms with E-state index in [-0.39, 0.29) is 0 Å². The van der Waals surface area contributed by atoms with Crippen molar-refractivity contribution in [3.8, 4) is 0 Å². The van der Waals surface area contributed by atoms with Gasteiger partial charge in [0.2, 0.25) is 0 Å². The van der Waals surface area contributed by atoms with E-state index in [4.69, 9.17) is 11.6 Å². The second-order valence-corrected chi connectivity index (χ2v) is 5.35. The van der Waals surface area contributed by atoms with E-state index in [1.807, 2.05) is 25.4 Å². The molecule has 0 atom stereocenters. The summed E-state index contributed by atoms with van der Waals surface area (Å²) in [5.74, 6) is 1.06. The fraction of sp³-hybridized carbons (Fsp3) is 0.364. The molecule has 86 valence electrons. The van der Waals surface area contributed by atoms with Gasteiger partial charge >= 0.3 is 0 Å². The molecule has 0 fully saturated rings. The van der Waals surface area contributed by atoms with Crippen molar-refractivity contribution in [3.63, 3.8) is 0 Å². The molecule has 2 rings (SSSR count). The number of nitrogens with zero attached hydrogens (tertiary/aromatic N) is 2. The van der Waals surface area contributed by atoms with Crippen LogP contribution in [0.15, 0.2) is 24.5 Å². The number of hydrogen-bond donors (Lipinski definition) is 1. The SMILES string of the molecule is Cc1nccn1CCNCc1ccc(Cl)s1. The zero-order valence-corrected chi connectivity index (χ0v) is 10.7. The van der Waals surface area contributed by atoms with Gasteiger partial charge in [0, 0.05) is 36.9 Å². The van der Waals surface area contributed by atoms with Crippen molar-refractivity contribution in [3.05, 3.63) is 39.6 Å². The van der Waals surface area contributed by atoms with Gasteiger partial charge in [-0.1, -0.05) is 11.6 Å². The Morgan fingerprint density at radius 3 is 3.00 bits per heavy atom. The third-order valence-electron chi connectivity index (χ3n) is 2.38. The molecule has 0 aliphatic heterocycles. The first-order chi connectivity index (χ1) is 7.75. The maximum absolute atomic E-state index is 5.85. The van der Waals surface area contributed by atoms with Crippen LogP contribution in [0.2, 0.25) is 4.34 Å². The molecule has 0 bridgehead atoms. The molecular formula is C11H14ClN3S. The van der Waals surface area contributed by atoms with E-state index in [1.165, 1.54) is 4.88 Å². The number of aromatic nitrogens is 2. The average molecular weight is 256 g/mol. The van der Waals surface area contributed by atoms with Crippen molar-refractivity contribution < 1.29 is 0 Å². The number of imidazole rings is 1. The fourth-order valence-electron chi connectivity index (χ4n) is 1.50. The number of thiophene rings is 1. The van der Waals surface area contributed by atoms with Gasteiger partial charge in [-0.3, -0.25) is 0 Å². The molecule has 2 heterocycles. The Bertz CT molecular complexity index is 450. The fourth-order valence-corrected chi connectivity index (χ4v) is 2.56. The molecule has 0 unspecified atom stereocenters. The van der Waals surface area contributed by atoms with Crippen molar-refractivity contribution in [1.82, 2.24) is 14.9 Å². The predicted molar refractivity (Wildman–Crippen MR) is 68.0 cm³/mol. The zero-order valence-electron chi connectivity index (χ0n) is 9.11. The monoisotopic (exact) mass is 255 g/mol. The van der Waals surface area contributed by atoms with Crippen molar-refractivity contribution >= 4 is 22.9 Å². The summed E-state index contributed by atoms with van der Waals surface area (Å²) < 4.78 is 2.98. The minimum Gasteiger partial charge on any atom is -0.334 e. The van der Waals surface area contributed by atoms with Gasteiger partial charge in [0.05, 0.1) is 4.34 Å². The normalized spacial score (nSPS) is 10.9. The Balaban J connectivity index is 1.71. The van der Waals surface area contributed by atoms with Crippen LogP contribution in [0.1, 0.15) is 10.7 Å². The Morgan fingerprint density at radius 1 is 1.50 bits per heavy atom. The van der Waals surface area contributed by atoms with Crippen molar-refractivity contribution in [2.45, 2.75) is 20.0 Å². The minimum atomic E-state index is 0.849. The third kappa shape index (κ3) is 3.07. The lowest BCUT2D eigenvalue weighted by atomic mass is 10.4. The van der Waals surface area contributed by atoms with E-state index in [9.17, 15) is 0 Å². The summed E-state index contributed by atoms with van der Waals surface area (Å²) in [7, 11) is 0. The van der Waals surface area contributed by atoms with Gasteiger partial charge in [0.15, 0.2) is 0 Å². The van der Waals surface area contributed by atoms with Crippen molar-refractivity contribution in [1.29, 1.82) is 0 Å². The molecule has 3 nitrogen and oxygen atoms in total. The lowest BCUT2D eigenvalue weighted by Crippen LogP contribution is -2.19. The van der Waals surface area contributed by atoms with Crippen molar-refractivity contribution in [2.75, 3.05) is 6.54 Å². The van der Waals surface area contributed by atoms with Gasteiger partial charge in [-0.15, -0.1) is 11.3 Å². The first-order valence-electron chi connectivity index (χ1n) is 5.18. The molecule has 0 aromatic carbocycles.